The third kappa shape index (κ3) is 4.80. The molecule has 1 aliphatic rings. The Labute approximate surface area is 187 Å². The first-order chi connectivity index (χ1) is 15.4. The van der Waals surface area contributed by atoms with Crippen LogP contribution >= 0.6 is 0 Å². The number of carbonyl (C=O) groups is 1. The van der Waals surface area contributed by atoms with Crippen LogP contribution in [0, 0.1) is 12.8 Å². The zero-order valence-electron chi connectivity index (χ0n) is 18.6. The molecule has 1 N–H and O–H groups in total. The van der Waals surface area contributed by atoms with Crippen molar-refractivity contribution >= 4 is 18.0 Å². The van der Waals surface area contributed by atoms with Gasteiger partial charge >= 0.3 is 6.09 Å². The third-order valence-electron chi connectivity index (χ3n) is 5.33. The highest BCUT2D eigenvalue weighted by Crippen LogP contribution is 2.27. The molecule has 8 nitrogen and oxygen atoms in total. The highest BCUT2D eigenvalue weighted by molar-refractivity contribution is 5.88. The molecule has 4 rings (SSSR count). The maximum absolute atomic E-state index is 12.3. The molecular weight excluding hydrogens is 406 g/mol. The van der Waals surface area contributed by atoms with Gasteiger partial charge in [-0.15, -0.1) is 0 Å². The minimum atomic E-state index is -0.428. The van der Waals surface area contributed by atoms with Gasteiger partial charge < -0.3 is 14.8 Å². The Hall–Kier alpha value is -3.68. The highest BCUT2D eigenvalue weighted by atomic mass is 16.6. The van der Waals surface area contributed by atoms with E-state index in [-0.39, 0.29) is 18.0 Å². The lowest BCUT2D eigenvalue weighted by atomic mass is 10.1. The summed E-state index contributed by atoms with van der Waals surface area (Å²) in [7, 11) is 0. The molecule has 1 saturated heterocycles. The molecule has 0 radical (unpaired) electrons. The first-order valence-electron chi connectivity index (χ1n) is 10.7. The number of ether oxygens (including phenoxy) is 2. The summed E-state index contributed by atoms with van der Waals surface area (Å²) >= 11 is 0. The van der Waals surface area contributed by atoms with Crippen LogP contribution < -0.4 is 15.0 Å². The average Bonchev–Trinajstić information content (AvgIpc) is 3.16. The molecule has 2 heterocycles. The second-order valence-corrected chi connectivity index (χ2v) is 8.11. The van der Waals surface area contributed by atoms with E-state index in [2.05, 4.69) is 20.3 Å². The number of aromatic nitrogens is 3. The zero-order chi connectivity index (χ0) is 22.7. The van der Waals surface area contributed by atoms with Crippen LogP contribution in [0.4, 0.5) is 16.7 Å². The van der Waals surface area contributed by atoms with Gasteiger partial charge in [-0.1, -0.05) is 44.2 Å². The second kappa shape index (κ2) is 9.21. The van der Waals surface area contributed by atoms with E-state index in [1.807, 2.05) is 75.4 Å². The standard InChI is InChI=1S/C24H27N5O3/c1-15(2)21-14-31-24(30)29(21)23-27-17(4)26-22(28-23)25-16(3)18-10-12-20(13-11-18)32-19-8-6-5-7-9-19/h5-13,15-16,21H,14H2,1-4H3,(H,25,26,27,28)/t16?,21-/m1/s1. The van der Waals surface area contributed by atoms with E-state index in [1.54, 1.807) is 6.92 Å². The number of cyclic esters (lactones) is 1. The second-order valence-electron chi connectivity index (χ2n) is 8.11. The Bertz CT molecular complexity index is 1070. The van der Waals surface area contributed by atoms with Crippen molar-refractivity contribution in [1.29, 1.82) is 0 Å². The van der Waals surface area contributed by atoms with Gasteiger partial charge in [-0.2, -0.15) is 15.0 Å². The Morgan fingerprint density at radius 2 is 1.69 bits per heavy atom. The molecule has 2 atom stereocenters. The van der Waals surface area contributed by atoms with Crippen LogP contribution in [0.3, 0.4) is 0 Å². The number of amides is 1. The van der Waals surface area contributed by atoms with Crippen LogP contribution in [0.5, 0.6) is 11.5 Å². The van der Waals surface area contributed by atoms with Crippen LogP contribution in [0.15, 0.2) is 54.6 Å². The molecule has 3 aromatic rings. The van der Waals surface area contributed by atoms with E-state index < -0.39 is 6.09 Å². The summed E-state index contributed by atoms with van der Waals surface area (Å²) in [5.74, 6) is 3.01. The fraction of sp³-hybridized carbons (Fsp3) is 0.333. The molecule has 0 aliphatic carbocycles. The van der Waals surface area contributed by atoms with Gasteiger partial charge in [0.1, 0.15) is 23.9 Å². The molecule has 0 spiro atoms. The van der Waals surface area contributed by atoms with E-state index in [0.29, 0.717) is 24.3 Å². The van der Waals surface area contributed by atoms with E-state index in [9.17, 15) is 4.79 Å². The van der Waals surface area contributed by atoms with E-state index >= 15 is 0 Å². The largest absolute Gasteiger partial charge is 0.457 e. The van der Waals surface area contributed by atoms with Crippen LogP contribution in [0.25, 0.3) is 0 Å². The number of anilines is 2. The number of carbonyl (C=O) groups excluding carboxylic acids is 1. The third-order valence-corrected chi connectivity index (χ3v) is 5.33. The maximum atomic E-state index is 12.3. The number of hydrogen-bond acceptors (Lipinski definition) is 7. The smallest absolute Gasteiger partial charge is 0.417 e. The Kier molecular flexibility index (Phi) is 6.20. The number of nitrogens with one attached hydrogen (secondary N) is 1. The number of nitrogens with zero attached hydrogens (tertiary/aromatic N) is 4. The molecule has 1 aromatic heterocycles. The molecule has 32 heavy (non-hydrogen) atoms. The van der Waals surface area contributed by atoms with Gasteiger partial charge in [0.05, 0.1) is 12.1 Å². The predicted octanol–water partition coefficient (Wildman–Crippen LogP) is 5.13. The van der Waals surface area contributed by atoms with Gasteiger partial charge in [-0.05, 0) is 49.6 Å². The normalized spacial score (nSPS) is 16.7. The van der Waals surface area contributed by atoms with Crippen molar-refractivity contribution in [1.82, 2.24) is 15.0 Å². The van der Waals surface area contributed by atoms with Crippen molar-refractivity contribution in [2.24, 2.45) is 5.92 Å². The maximum Gasteiger partial charge on any atom is 0.417 e. The molecule has 1 unspecified atom stereocenters. The minimum absolute atomic E-state index is 0.0677. The first-order valence-corrected chi connectivity index (χ1v) is 10.7. The Morgan fingerprint density at radius 3 is 2.38 bits per heavy atom. The molecule has 2 aromatic carbocycles. The van der Waals surface area contributed by atoms with Crippen molar-refractivity contribution in [3.8, 4) is 11.5 Å². The highest BCUT2D eigenvalue weighted by Gasteiger charge is 2.38. The number of rotatable bonds is 7. The fourth-order valence-electron chi connectivity index (χ4n) is 3.52. The van der Waals surface area contributed by atoms with Crippen LogP contribution in [-0.2, 0) is 4.74 Å². The number of para-hydroxylation sites is 1. The molecule has 1 fully saturated rings. The summed E-state index contributed by atoms with van der Waals surface area (Å²) in [5.41, 5.74) is 1.05. The van der Waals surface area contributed by atoms with Crippen LogP contribution in [-0.4, -0.2) is 33.7 Å². The SMILES string of the molecule is Cc1nc(NC(C)c2ccc(Oc3ccccc3)cc2)nc(N2C(=O)OC[C@@H]2C(C)C)n1. The number of aryl methyl sites for hydroxylation is 1. The molecular formula is C24H27N5O3. The van der Waals surface area contributed by atoms with Gasteiger partial charge in [0.25, 0.3) is 0 Å². The molecule has 1 aliphatic heterocycles. The number of hydrogen-bond donors (Lipinski definition) is 1. The number of benzene rings is 2. The summed E-state index contributed by atoms with van der Waals surface area (Å²) in [6.45, 7) is 8.22. The van der Waals surface area contributed by atoms with Crippen LogP contribution in [0.2, 0.25) is 0 Å². The Balaban J connectivity index is 1.48. The zero-order valence-corrected chi connectivity index (χ0v) is 18.6. The van der Waals surface area contributed by atoms with E-state index in [4.69, 9.17) is 9.47 Å². The van der Waals surface area contributed by atoms with Crippen molar-refractivity contribution in [3.63, 3.8) is 0 Å². The summed E-state index contributed by atoms with van der Waals surface area (Å²) in [5, 5.41) is 3.31. The fourth-order valence-corrected chi connectivity index (χ4v) is 3.52. The molecule has 8 heteroatoms. The summed E-state index contributed by atoms with van der Waals surface area (Å²) in [6, 6.07) is 17.3. The molecule has 166 valence electrons. The molecule has 0 saturated carbocycles. The van der Waals surface area contributed by atoms with Gasteiger partial charge in [0.2, 0.25) is 11.9 Å². The average molecular weight is 434 g/mol. The lowest BCUT2D eigenvalue weighted by Gasteiger charge is -2.23. The lowest BCUT2D eigenvalue weighted by Crippen LogP contribution is -2.38. The predicted molar refractivity (Wildman–Crippen MR) is 122 cm³/mol. The van der Waals surface area contributed by atoms with Gasteiger partial charge in [-0.25, -0.2) is 9.69 Å². The van der Waals surface area contributed by atoms with Gasteiger partial charge in [0.15, 0.2) is 0 Å². The van der Waals surface area contributed by atoms with Crippen molar-refractivity contribution in [2.45, 2.75) is 39.8 Å². The minimum Gasteiger partial charge on any atom is -0.457 e. The van der Waals surface area contributed by atoms with E-state index in [1.165, 1.54) is 4.90 Å². The van der Waals surface area contributed by atoms with Crippen molar-refractivity contribution in [2.75, 3.05) is 16.8 Å². The summed E-state index contributed by atoms with van der Waals surface area (Å²) < 4.78 is 11.1. The summed E-state index contributed by atoms with van der Waals surface area (Å²) in [6.07, 6.45) is -0.428. The lowest BCUT2D eigenvalue weighted by molar-refractivity contribution is 0.177. The van der Waals surface area contributed by atoms with Gasteiger partial charge in [-0.3, -0.25) is 0 Å². The monoisotopic (exact) mass is 433 g/mol. The van der Waals surface area contributed by atoms with Crippen molar-refractivity contribution < 1.29 is 14.3 Å². The first kappa shape index (κ1) is 21.5. The Morgan fingerprint density at radius 1 is 1.00 bits per heavy atom. The van der Waals surface area contributed by atoms with E-state index in [0.717, 1.165) is 17.1 Å². The molecule has 1 amide bonds. The topological polar surface area (TPSA) is 89.5 Å². The van der Waals surface area contributed by atoms with Gasteiger partial charge in [0, 0.05) is 0 Å². The van der Waals surface area contributed by atoms with Crippen molar-refractivity contribution in [3.05, 3.63) is 66.0 Å². The molecule has 0 bridgehead atoms. The van der Waals surface area contributed by atoms with Crippen LogP contribution in [0.1, 0.15) is 38.2 Å². The quantitative estimate of drug-likeness (QED) is 0.553. The summed E-state index contributed by atoms with van der Waals surface area (Å²) in [4.78, 5) is 27.1.